The topological polar surface area (TPSA) is 50.5 Å². The lowest BCUT2D eigenvalue weighted by Gasteiger charge is -2.36. The van der Waals surface area contributed by atoms with Crippen LogP contribution in [-0.2, 0) is 11.2 Å². The van der Waals surface area contributed by atoms with E-state index in [-0.39, 0.29) is 12.1 Å². The Bertz CT molecular complexity index is 405. The molecule has 2 atom stereocenters. The molecule has 1 aliphatic rings. The van der Waals surface area contributed by atoms with Crippen molar-refractivity contribution in [3.05, 3.63) is 35.4 Å². The molecule has 1 saturated heterocycles. The number of rotatable bonds is 7. The number of benzene rings is 1. The molecule has 0 amide bonds. The number of morpholine rings is 1. The van der Waals surface area contributed by atoms with Gasteiger partial charge in [-0.05, 0) is 30.5 Å². The molecule has 4 nitrogen and oxygen atoms in total. The van der Waals surface area contributed by atoms with E-state index in [1.807, 2.05) is 0 Å². The van der Waals surface area contributed by atoms with Crippen molar-refractivity contribution in [2.24, 2.45) is 5.84 Å². The van der Waals surface area contributed by atoms with Gasteiger partial charge in [-0.15, -0.1) is 0 Å². The fraction of sp³-hybridized carbons (Fsp3) is 0.647. The molecule has 0 bridgehead atoms. The van der Waals surface area contributed by atoms with E-state index in [0.29, 0.717) is 0 Å². The number of ether oxygens (including phenoxy) is 1. The van der Waals surface area contributed by atoms with Gasteiger partial charge < -0.3 is 4.74 Å². The number of hydrogen-bond donors (Lipinski definition) is 2. The molecule has 1 aromatic rings. The maximum absolute atomic E-state index is 5.96. The molecule has 1 fully saturated rings. The number of nitrogens with two attached hydrogens (primary N) is 1. The van der Waals surface area contributed by atoms with Crippen LogP contribution in [0.15, 0.2) is 24.3 Å². The smallest absolute Gasteiger partial charge is 0.0909 e. The summed E-state index contributed by atoms with van der Waals surface area (Å²) in [7, 11) is 0. The van der Waals surface area contributed by atoms with Gasteiger partial charge in [-0.25, -0.2) is 0 Å². The van der Waals surface area contributed by atoms with E-state index in [1.54, 1.807) is 0 Å². The number of hydrazine groups is 1. The molecule has 2 rings (SSSR count). The number of aryl methyl sites for hydroxylation is 1. The third kappa shape index (κ3) is 4.51. The van der Waals surface area contributed by atoms with Crippen LogP contribution >= 0.6 is 0 Å². The predicted molar refractivity (Wildman–Crippen MR) is 87.0 cm³/mol. The molecular weight excluding hydrogens is 262 g/mol. The van der Waals surface area contributed by atoms with E-state index >= 15 is 0 Å². The van der Waals surface area contributed by atoms with Crippen molar-refractivity contribution < 1.29 is 4.74 Å². The first kappa shape index (κ1) is 16.4. The highest BCUT2D eigenvalue weighted by atomic mass is 16.5. The zero-order valence-corrected chi connectivity index (χ0v) is 13.3. The highest BCUT2D eigenvalue weighted by Gasteiger charge is 2.28. The van der Waals surface area contributed by atoms with Crippen molar-refractivity contribution >= 4 is 0 Å². The van der Waals surface area contributed by atoms with E-state index < -0.39 is 0 Å². The third-order valence-corrected chi connectivity index (χ3v) is 4.15. The van der Waals surface area contributed by atoms with Gasteiger partial charge in [-0.3, -0.25) is 16.2 Å². The van der Waals surface area contributed by atoms with E-state index in [9.17, 15) is 0 Å². The lowest BCUT2D eigenvalue weighted by molar-refractivity contribution is -0.0471. The van der Waals surface area contributed by atoms with Gasteiger partial charge >= 0.3 is 0 Å². The first-order valence-electron chi connectivity index (χ1n) is 8.17. The van der Waals surface area contributed by atoms with Crippen molar-refractivity contribution in [3.63, 3.8) is 0 Å². The summed E-state index contributed by atoms with van der Waals surface area (Å²) in [4.78, 5) is 2.46. The summed E-state index contributed by atoms with van der Waals surface area (Å²) in [6.07, 6.45) is 3.60. The fourth-order valence-electron chi connectivity index (χ4n) is 3.05. The Labute approximate surface area is 128 Å². The second-order valence-electron chi connectivity index (χ2n) is 5.85. The minimum atomic E-state index is 0.0559. The van der Waals surface area contributed by atoms with Crippen molar-refractivity contribution in [2.45, 2.75) is 45.3 Å². The van der Waals surface area contributed by atoms with Crippen LogP contribution < -0.4 is 11.3 Å². The van der Waals surface area contributed by atoms with Crippen LogP contribution in [0.4, 0.5) is 0 Å². The van der Waals surface area contributed by atoms with Crippen LogP contribution in [-0.4, -0.2) is 37.2 Å². The predicted octanol–water partition coefficient (Wildman–Crippen LogP) is 2.25. The van der Waals surface area contributed by atoms with Gasteiger partial charge in [0.15, 0.2) is 0 Å². The molecule has 1 heterocycles. The summed E-state index contributed by atoms with van der Waals surface area (Å²) in [5.74, 6) is 5.80. The average molecular weight is 291 g/mol. The largest absolute Gasteiger partial charge is 0.374 e. The van der Waals surface area contributed by atoms with E-state index in [2.05, 4.69) is 48.4 Å². The fourth-order valence-corrected chi connectivity index (χ4v) is 3.05. The Morgan fingerprint density at radius 2 is 2.05 bits per heavy atom. The molecule has 3 N–H and O–H groups in total. The standard InChI is InChI=1S/C17H29N3O/c1-3-5-14-6-8-15(9-7-14)17(19-18)16-13-20(10-4-2)11-12-21-16/h6-9,16-17,19H,3-5,10-13,18H2,1-2H3. The Morgan fingerprint density at radius 3 is 2.67 bits per heavy atom. The van der Waals surface area contributed by atoms with Gasteiger partial charge in [-0.2, -0.15) is 0 Å². The van der Waals surface area contributed by atoms with E-state index in [4.69, 9.17) is 10.6 Å². The normalized spacial score (nSPS) is 21.4. The van der Waals surface area contributed by atoms with Crippen LogP contribution in [0.1, 0.15) is 43.9 Å². The molecule has 0 radical (unpaired) electrons. The van der Waals surface area contributed by atoms with Crippen LogP contribution in [0.3, 0.4) is 0 Å². The van der Waals surface area contributed by atoms with Gasteiger partial charge in [0.05, 0.1) is 18.8 Å². The van der Waals surface area contributed by atoms with Gasteiger partial charge in [0, 0.05) is 13.1 Å². The maximum atomic E-state index is 5.96. The molecular formula is C17H29N3O. The van der Waals surface area contributed by atoms with E-state index in [1.165, 1.54) is 24.0 Å². The summed E-state index contributed by atoms with van der Waals surface area (Å²) in [5.41, 5.74) is 5.54. The SMILES string of the molecule is CCCc1ccc(C(NN)C2CN(CCC)CCO2)cc1. The third-order valence-electron chi connectivity index (χ3n) is 4.15. The molecule has 0 aliphatic carbocycles. The van der Waals surface area contributed by atoms with Crippen molar-refractivity contribution in [2.75, 3.05) is 26.2 Å². The quantitative estimate of drug-likeness (QED) is 0.597. The Kier molecular flexibility index (Phi) is 6.64. The first-order valence-corrected chi connectivity index (χ1v) is 8.17. The monoisotopic (exact) mass is 291 g/mol. The molecule has 4 heteroatoms. The van der Waals surface area contributed by atoms with Crippen molar-refractivity contribution in [1.82, 2.24) is 10.3 Å². The number of hydrogen-bond acceptors (Lipinski definition) is 4. The molecule has 1 aliphatic heterocycles. The van der Waals surface area contributed by atoms with Crippen LogP contribution in [0.25, 0.3) is 0 Å². The zero-order valence-electron chi connectivity index (χ0n) is 13.3. The molecule has 1 aromatic carbocycles. The average Bonchev–Trinajstić information content (AvgIpc) is 2.51. The number of nitrogens with zero attached hydrogens (tertiary/aromatic N) is 1. The molecule has 0 aromatic heterocycles. The van der Waals surface area contributed by atoms with E-state index in [0.717, 1.165) is 32.7 Å². The second-order valence-corrected chi connectivity index (χ2v) is 5.85. The molecule has 0 spiro atoms. The molecule has 0 saturated carbocycles. The highest BCUT2D eigenvalue weighted by molar-refractivity contribution is 5.26. The Morgan fingerprint density at radius 1 is 1.29 bits per heavy atom. The summed E-state index contributed by atoms with van der Waals surface area (Å²) in [6.45, 7) is 8.31. The highest BCUT2D eigenvalue weighted by Crippen LogP contribution is 2.22. The zero-order chi connectivity index (χ0) is 15.1. The molecule has 118 valence electrons. The van der Waals surface area contributed by atoms with Crippen LogP contribution in [0.2, 0.25) is 0 Å². The van der Waals surface area contributed by atoms with Gasteiger partial charge in [-0.1, -0.05) is 44.5 Å². The maximum Gasteiger partial charge on any atom is 0.0909 e. The van der Waals surface area contributed by atoms with Crippen molar-refractivity contribution in [3.8, 4) is 0 Å². The number of nitrogens with one attached hydrogen (secondary N) is 1. The Hall–Kier alpha value is -0.940. The summed E-state index contributed by atoms with van der Waals surface area (Å²) in [5, 5.41) is 0. The van der Waals surface area contributed by atoms with Gasteiger partial charge in [0.1, 0.15) is 0 Å². The summed E-state index contributed by atoms with van der Waals surface area (Å²) < 4.78 is 5.96. The first-order chi connectivity index (χ1) is 10.3. The van der Waals surface area contributed by atoms with Crippen LogP contribution in [0.5, 0.6) is 0 Å². The molecule has 2 unspecified atom stereocenters. The van der Waals surface area contributed by atoms with Crippen molar-refractivity contribution in [1.29, 1.82) is 0 Å². The van der Waals surface area contributed by atoms with Crippen LogP contribution in [0, 0.1) is 0 Å². The molecule has 21 heavy (non-hydrogen) atoms. The second kappa shape index (κ2) is 8.49. The lowest BCUT2D eigenvalue weighted by atomic mass is 9.98. The lowest BCUT2D eigenvalue weighted by Crippen LogP contribution is -2.49. The van der Waals surface area contributed by atoms with Gasteiger partial charge in [0.25, 0.3) is 0 Å². The minimum Gasteiger partial charge on any atom is -0.374 e. The minimum absolute atomic E-state index is 0.0559. The van der Waals surface area contributed by atoms with Gasteiger partial charge in [0.2, 0.25) is 0 Å². The summed E-state index contributed by atoms with van der Waals surface area (Å²) in [6, 6.07) is 8.82. The Balaban J connectivity index is 2.04. The summed E-state index contributed by atoms with van der Waals surface area (Å²) >= 11 is 0.